The fourth-order valence-corrected chi connectivity index (χ4v) is 5.13. The first kappa shape index (κ1) is 19.1. The molecule has 1 N–H and O–H groups in total. The Morgan fingerprint density at radius 1 is 1.30 bits per heavy atom. The molecule has 2 aliphatic rings. The van der Waals surface area contributed by atoms with Crippen molar-refractivity contribution in [1.82, 2.24) is 19.9 Å². The van der Waals surface area contributed by atoms with Gasteiger partial charge in [-0.2, -0.15) is 18.3 Å². The Balaban J connectivity index is 1.45. The van der Waals surface area contributed by atoms with Gasteiger partial charge in [0, 0.05) is 12.1 Å². The summed E-state index contributed by atoms with van der Waals surface area (Å²) in [5.41, 5.74) is -1.13. The van der Waals surface area contributed by atoms with E-state index >= 15 is 0 Å². The van der Waals surface area contributed by atoms with Gasteiger partial charge in [-0.25, -0.2) is 9.50 Å². The van der Waals surface area contributed by atoms with E-state index in [0.717, 1.165) is 18.4 Å². The maximum atomic E-state index is 13.6. The molecular weight excluding hydrogens is 397 g/mol. The lowest BCUT2D eigenvalue weighted by Crippen LogP contribution is -2.40. The van der Waals surface area contributed by atoms with E-state index in [-0.39, 0.29) is 28.8 Å². The van der Waals surface area contributed by atoms with Gasteiger partial charge in [-0.1, -0.05) is 6.42 Å². The highest BCUT2D eigenvalue weighted by atomic mass is 19.4. The summed E-state index contributed by atoms with van der Waals surface area (Å²) in [5, 5.41) is 6.86. The summed E-state index contributed by atoms with van der Waals surface area (Å²) in [5.74, 6) is 1.51. The minimum Gasteiger partial charge on any atom is -0.463 e. The van der Waals surface area contributed by atoms with Gasteiger partial charge in [0.15, 0.2) is 22.8 Å². The van der Waals surface area contributed by atoms with Crippen LogP contribution in [0.1, 0.15) is 48.8 Å². The third-order valence-corrected chi connectivity index (χ3v) is 6.52. The molecule has 1 amide bonds. The Bertz CT molecular complexity index is 1090. The maximum absolute atomic E-state index is 13.6. The number of carbonyl (C=O) groups is 1. The molecule has 158 valence electrons. The number of hydrogen-bond acceptors (Lipinski definition) is 4. The Morgan fingerprint density at radius 2 is 2.13 bits per heavy atom. The van der Waals surface area contributed by atoms with Crippen molar-refractivity contribution in [3.05, 3.63) is 41.9 Å². The molecule has 0 saturated heterocycles. The number of hydrogen-bond donors (Lipinski definition) is 1. The lowest BCUT2D eigenvalue weighted by atomic mass is 9.84. The molecule has 2 saturated carbocycles. The van der Waals surface area contributed by atoms with Gasteiger partial charge in [-0.15, -0.1) is 0 Å². The van der Waals surface area contributed by atoms with E-state index in [1.54, 1.807) is 6.07 Å². The summed E-state index contributed by atoms with van der Waals surface area (Å²) in [6.45, 7) is 1.97. The van der Waals surface area contributed by atoms with Gasteiger partial charge in [0.05, 0.1) is 6.26 Å². The van der Waals surface area contributed by atoms with E-state index in [4.69, 9.17) is 4.42 Å². The monoisotopic (exact) mass is 418 g/mol. The molecule has 9 heteroatoms. The van der Waals surface area contributed by atoms with Crippen molar-refractivity contribution >= 4 is 11.6 Å². The van der Waals surface area contributed by atoms with Crippen LogP contribution in [-0.4, -0.2) is 26.5 Å². The summed E-state index contributed by atoms with van der Waals surface area (Å²) in [6.07, 6.45) is 1.47. The first-order valence-electron chi connectivity index (χ1n) is 10.1. The minimum absolute atomic E-state index is 0.0297. The van der Waals surface area contributed by atoms with E-state index in [1.165, 1.54) is 37.7 Å². The number of aromatic nitrogens is 3. The fourth-order valence-electron chi connectivity index (χ4n) is 5.13. The van der Waals surface area contributed by atoms with Gasteiger partial charge in [0.1, 0.15) is 5.69 Å². The summed E-state index contributed by atoms with van der Waals surface area (Å²) in [6, 6.07) is 5.20. The number of alkyl halides is 3. The highest BCUT2D eigenvalue weighted by Crippen LogP contribution is 2.49. The lowest BCUT2D eigenvalue weighted by molar-refractivity contribution is -0.142. The lowest BCUT2D eigenvalue weighted by Gasteiger charge is -2.28. The molecule has 2 bridgehead atoms. The number of furan rings is 1. The zero-order chi connectivity index (χ0) is 21.0. The second-order valence-corrected chi connectivity index (χ2v) is 8.40. The van der Waals surface area contributed by atoms with Crippen molar-refractivity contribution in [2.75, 3.05) is 0 Å². The van der Waals surface area contributed by atoms with Crippen LogP contribution >= 0.6 is 0 Å². The molecule has 0 aromatic carbocycles. The largest absolute Gasteiger partial charge is 0.463 e. The summed E-state index contributed by atoms with van der Waals surface area (Å²) in [7, 11) is 0. The molecule has 0 radical (unpaired) electrons. The van der Waals surface area contributed by atoms with Crippen LogP contribution in [0.25, 0.3) is 17.1 Å². The zero-order valence-corrected chi connectivity index (χ0v) is 16.3. The number of carbonyl (C=O) groups excluding carboxylic acids is 1. The van der Waals surface area contributed by atoms with Crippen LogP contribution in [0.2, 0.25) is 0 Å². The van der Waals surface area contributed by atoms with Crippen LogP contribution in [0.5, 0.6) is 0 Å². The van der Waals surface area contributed by atoms with E-state index in [0.29, 0.717) is 16.4 Å². The molecular formula is C21H21F3N4O2. The van der Waals surface area contributed by atoms with Crippen LogP contribution in [0, 0.1) is 17.8 Å². The van der Waals surface area contributed by atoms with Crippen LogP contribution in [-0.2, 0) is 6.18 Å². The third-order valence-electron chi connectivity index (χ3n) is 6.52. The van der Waals surface area contributed by atoms with Crippen LogP contribution in [0.15, 0.2) is 34.9 Å². The van der Waals surface area contributed by atoms with Crippen molar-refractivity contribution in [2.45, 2.75) is 44.8 Å². The Hall–Kier alpha value is -2.84. The SMILES string of the molecule is C[C@@H](NC(=O)c1cc2nc(-c3ccco3)cc(C(F)(F)F)n2n1)[C@@H]1C[C@H]2CC[C@H]1C2. The van der Waals surface area contributed by atoms with Gasteiger partial charge in [-0.05, 0) is 62.1 Å². The van der Waals surface area contributed by atoms with Gasteiger partial charge in [0.2, 0.25) is 0 Å². The number of fused-ring (bicyclic) bond motifs is 3. The Morgan fingerprint density at radius 3 is 2.77 bits per heavy atom. The number of halogens is 3. The molecule has 0 spiro atoms. The third kappa shape index (κ3) is 3.26. The topological polar surface area (TPSA) is 72.4 Å². The van der Waals surface area contributed by atoms with E-state index in [9.17, 15) is 18.0 Å². The molecule has 2 aliphatic carbocycles. The Kier molecular flexibility index (Phi) is 4.37. The second-order valence-electron chi connectivity index (χ2n) is 8.40. The quantitative estimate of drug-likeness (QED) is 0.674. The molecule has 0 aliphatic heterocycles. The first-order chi connectivity index (χ1) is 14.3. The van der Waals surface area contributed by atoms with Gasteiger partial charge in [-0.3, -0.25) is 4.79 Å². The first-order valence-corrected chi connectivity index (χ1v) is 10.1. The fraction of sp³-hybridized carbons (Fsp3) is 0.476. The maximum Gasteiger partial charge on any atom is 0.433 e. The normalized spacial score (nSPS) is 24.5. The highest BCUT2D eigenvalue weighted by molar-refractivity contribution is 5.93. The second kappa shape index (κ2) is 6.85. The standard InChI is InChI=1S/C21H21F3N4O2/c1-11(14-8-12-4-5-13(14)7-12)25-20(29)16-10-19-26-15(17-3-2-6-30-17)9-18(21(22,23)24)28(19)27-16/h2-3,6,9-14H,4-5,7-8H2,1H3,(H,25,29)/t11-,12+,13+,14+/m1/s1. The molecule has 4 atom stereocenters. The molecule has 2 fully saturated rings. The summed E-state index contributed by atoms with van der Waals surface area (Å²) >= 11 is 0. The van der Waals surface area contributed by atoms with Crippen molar-refractivity contribution in [3.8, 4) is 11.5 Å². The molecule has 3 aromatic rings. The Labute approximate surface area is 170 Å². The van der Waals surface area contributed by atoms with Crippen molar-refractivity contribution < 1.29 is 22.4 Å². The summed E-state index contributed by atoms with van der Waals surface area (Å²) in [4.78, 5) is 17.0. The molecule has 3 aromatic heterocycles. The average molecular weight is 418 g/mol. The number of amides is 1. The summed E-state index contributed by atoms with van der Waals surface area (Å²) < 4.78 is 46.7. The predicted molar refractivity (Wildman–Crippen MR) is 102 cm³/mol. The predicted octanol–water partition coefficient (Wildman–Crippen LogP) is 4.56. The van der Waals surface area contributed by atoms with E-state index in [1.807, 2.05) is 6.92 Å². The number of nitrogens with zero attached hydrogens (tertiary/aromatic N) is 3. The van der Waals surface area contributed by atoms with E-state index < -0.39 is 17.8 Å². The molecule has 3 heterocycles. The van der Waals surface area contributed by atoms with Crippen LogP contribution in [0.3, 0.4) is 0 Å². The average Bonchev–Trinajstić information content (AvgIpc) is 3.49. The van der Waals surface area contributed by atoms with Crippen LogP contribution in [0.4, 0.5) is 13.2 Å². The highest BCUT2D eigenvalue weighted by Gasteiger charge is 2.42. The van der Waals surface area contributed by atoms with Crippen molar-refractivity contribution in [1.29, 1.82) is 0 Å². The molecule has 5 rings (SSSR count). The smallest absolute Gasteiger partial charge is 0.433 e. The van der Waals surface area contributed by atoms with Crippen molar-refractivity contribution in [2.24, 2.45) is 17.8 Å². The molecule has 0 unspecified atom stereocenters. The van der Waals surface area contributed by atoms with Gasteiger partial charge >= 0.3 is 6.18 Å². The van der Waals surface area contributed by atoms with Crippen molar-refractivity contribution in [3.63, 3.8) is 0 Å². The minimum atomic E-state index is -4.67. The molecule has 6 nitrogen and oxygen atoms in total. The van der Waals surface area contributed by atoms with Gasteiger partial charge in [0.25, 0.3) is 5.91 Å². The number of nitrogens with one attached hydrogen (secondary N) is 1. The van der Waals surface area contributed by atoms with Crippen LogP contribution < -0.4 is 5.32 Å². The zero-order valence-electron chi connectivity index (χ0n) is 16.3. The van der Waals surface area contributed by atoms with Gasteiger partial charge < -0.3 is 9.73 Å². The molecule has 30 heavy (non-hydrogen) atoms. The number of rotatable bonds is 4. The van der Waals surface area contributed by atoms with E-state index in [2.05, 4.69) is 15.4 Å².